The third kappa shape index (κ3) is 4.92. The second-order valence-corrected chi connectivity index (χ2v) is 12.2. The third-order valence-electron chi connectivity index (χ3n) is 9.26. The highest BCUT2D eigenvalue weighted by molar-refractivity contribution is 6.10. The lowest BCUT2D eigenvalue weighted by Crippen LogP contribution is -2.11. The topological polar surface area (TPSA) is 16.4 Å². The number of furan rings is 1. The van der Waals surface area contributed by atoms with E-state index in [0.717, 1.165) is 55.7 Å². The first kappa shape index (κ1) is 27.9. The molecule has 0 radical (unpaired) electrons. The zero-order valence-electron chi connectivity index (χ0n) is 26.3. The largest absolute Gasteiger partial charge is 0.454 e. The van der Waals surface area contributed by atoms with Gasteiger partial charge >= 0.3 is 0 Å². The van der Waals surface area contributed by atoms with Crippen LogP contribution in [0.3, 0.4) is 0 Å². The van der Waals surface area contributed by atoms with Gasteiger partial charge in [0.1, 0.15) is 5.58 Å². The average Bonchev–Trinajstić information content (AvgIpc) is 3.55. The second kappa shape index (κ2) is 11.8. The molecule has 1 aromatic heterocycles. The van der Waals surface area contributed by atoms with Crippen LogP contribution in [-0.4, -0.2) is 0 Å². The molecule has 0 saturated heterocycles. The Bertz CT molecular complexity index is 2560. The molecule has 0 amide bonds. The van der Waals surface area contributed by atoms with Crippen molar-refractivity contribution in [1.82, 2.24) is 0 Å². The maximum absolute atomic E-state index is 6.64. The van der Waals surface area contributed by atoms with Gasteiger partial charge in [-0.2, -0.15) is 0 Å². The first-order valence-electron chi connectivity index (χ1n) is 16.3. The van der Waals surface area contributed by atoms with Crippen LogP contribution in [0.25, 0.3) is 66.1 Å². The number of para-hydroxylation sites is 3. The fourth-order valence-electron chi connectivity index (χ4n) is 6.90. The van der Waals surface area contributed by atoms with Gasteiger partial charge in [0.05, 0.1) is 11.4 Å². The number of nitrogens with zero attached hydrogens (tertiary/aromatic N) is 1. The summed E-state index contributed by atoms with van der Waals surface area (Å²) >= 11 is 0. The molecule has 226 valence electrons. The van der Waals surface area contributed by atoms with Crippen LogP contribution in [-0.2, 0) is 0 Å². The zero-order chi connectivity index (χ0) is 31.9. The van der Waals surface area contributed by atoms with Gasteiger partial charge in [0.2, 0.25) is 0 Å². The normalized spacial score (nSPS) is 11.3. The molecular weight excluding hydrogens is 583 g/mol. The molecule has 0 aliphatic carbocycles. The van der Waals surface area contributed by atoms with E-state index in [-0.39, 0.29) is 0 Å². The van der Waals surface area contributed by atoms with Crippen molar-refractivity contribution in [1.29, 1.82) is 0 Å². The van der Waals surface area contributed by atoms with Gasteiger partial charge in [-0.05, 0) is 75.0 Å². The van der Waals surface area contributed by atoms with Crippen LogP contribution in [0.5, 0.6) is 0 Å². The standard InChI is InChI=1S/C46H31NO/c1-2-12-32(13-3-1)34-24-27-35(28-25-34)40-18-6-8-21-43(40)47(44-22-11-20-42-41-19-7-9-23-45(41)48-46(42)44)39-17-10-16-37(31-39)38-29-26-33-14-4-5-15-36(33)30-38/h1-31H. The number of rotatable bonds is 6. The van der Waals surface area contributed by atoms with Crippen molar-refractivity contribution >= 4 is 49.8 Å². The molecule has 2 heteroatoms. The molecule has 0 spiro atoms. The molecule has 0 saturated carbocycles. The molecule has 2 nitrogen and oxygen atoms in total. The quantitative estimate of drug-likeness (QED) is 0.185. The Morgan fingerprint density at radius 2 is 0.958 bits per heavy atom. The van der Waals surface area contributed by atoms with Crippen molar-refractivity contribution < 1.29 is 4.42 Å². The van der Waals surface area contributed by atoms with Gasteiger partial charge in [-0.15, -0.1) is 0 Å². The van der Waals surface area contributed by atoms with Gasteiger partial charge in [-0.25, -0.2) is 0 Å². The van der Waals surface area contributed by atoms with Gasteiger partial charge < -0.3 is 9.32 Å². The van der Waals surface area contributed by atoms with E-state index < -0.39 is 0 Å². The molecular formula is C46H31NO. The molecule has 0 aliphatic heterocycles. The monoisotopic (exact) mass is 613 g/mol. The summed E-state index contributed by atoms with van der Waals surface area (Å²) in [6, 6.07) is 66.9. The molecule has 9 rings (SSSR count). The van der Waals surface area contributed by atoms with E-state index in [1.165, 1.54) is 27.5 Å². The summed E-state index contributed by atoms with van der Waals surface area (Å²) in [4.78, 5) is 2.36. The minimum atomic E-state index is 0.865. The minimum absolute atomic E-state index is 0.865. The number of fused-ring (bicyclic) bond motifs is 4. The lowest BCUT2D eigenvalue weighted by Gasteiger charge is -2.28. The van der Waals surface area contributed by atoms with Gasteiger partial charge in [0, 0.05) is 22.0 Å². The molecule has 0 unspecified atom stereocenters. The highest BCUT2D eigenvalue weighted by Crippen LogP contribution is 2.46. The predicted octanol–water partition coefficient (Wildman–Crippen LogP) is 13.2. The fourth-order valence-corrected chi connectivity index (χ4v) is 6.90. The van der Waals surface area contributed by atoms with Gasteiger partial charge in [0.15, 0.2) is 5.58 Å². The molecule has 0 N–H and O–H groups in total. The predicted molar refractivity (Wildman–Crippen MR) is 202 cm³/mol. The zero-order valence-corrected chi connectivity index (χ0v) is 26.3. The van der Waals surface area contributed by atoms with Crippen molar-refractivity contribution in [2.45, 2.75) is 0 Å². The van der Waals surface area contributed by atoms with E-state index in [4.69, 9.17) is 4.42 Å². The number of hydrogen-bond acceptors (Lipinski definition) is 2. The summed E-state index contributed by atoms with van der Waals surface area (Å²) < 4.78 is 6.64. The van der Waals surface area contributed by atoms with E-state index in [1.807, 2.05) is 12.1 Å². The highest BCUT2D eigenvalue weighted by atomic mass is 16.3. The van der Waals surface area contributed by atoms with Crippen molar-refractivity contribution in [3.63, 3.8) is 0 Å². The van der Waals surface area contributed by atoms with Crippen LogP contribution in [0.2, 0.25) is 0 Å². The molecule has 0 aliphatic rings. The SMILES string of the molecule is c1ccc(-c2ccc(-c3ccccc3N(c3cccc(-c4ccc5ccccc5c4)c3)c3cccc4c3oc3ccccc34)cc2)cc1. The first-order chi connectivity index (χ1) is 23.8. The van der Waals surface area contributed by atoms with Crippen molar-refractivity contribution in [2.75, 3.05) is 4.90 Å². The summed E-state index contributed by atoms with van der Waals surface area (Å²) in [5, 5.41) is 4.68. The van der Waals surface area contributed by atoms with Crippen LogP contribution in [0.1, 0.15) is 0 Å². The van der Waals surface area contributed by atoms with Crippen molar-refractivity contribution in [2.24, 2.45) is 0 Å². The maximum atomic E-state index is 6.64. The maximum Gasteiger partial charge on any atom is 0.159 e. The molecule has 1 heterocycles. The number of hydrogen-bond donors (Lipinski definition) is 0. The summed E-state index contributed by atoms with van der Waals surface area (Å²) in [6.45, 7) is 0. The molecule has 0 fully saturated rings. The Morgan fingerprint density at radius 3 is 1.85 bits per heavy atom. The Morgan fingerprint density at radius 1 is 0.354 bits per heavy atom. The Balaban J connectivity index is 1.24. The van der Waals surface area contributed by atoms with Crippen LogP contribution < -0.4 is 4.90 Å². The van der Waals surface area contributed by atoms with Gasteiger partial charge in [-0.3, -0.25) is 0 Å². The first-order valence-corrected chi connectivity index (χ1v) is 16.3. The summed E-state index contributed by atoms with van der Waals surface area (Å²) in [6.07, 6.45) is 0. The second-order valence-electron chi connectivity index (χ2n) is 12.2. The molecule has 0 bridgehead atoms. The smallest absolute Gasteiger partial charge is 0.159 e. The van der Waals surface area contributed by atoms with E-state index in [1.54, 1.807) is 0 Å². The van der Waals surface area contributed by atoms with Gasteiger partial charge in [0.25, 0.3) is 0 Å². The number of benzene rings is 8. The minimum Gasteiger partial charge on any atom is -0.454 e. The summed E-state index contributed by atoms with van der Waals surface area (Å²) in [5.41, 5.74) is 11.9. The molecule has 48 heavy (non-hydrogen) atoms. The van der Waals surface area contributed by atoms with Crippen molar-refractivity contribution in [3.05, 3.63) is 188 Å². The third-order valence-corrected chi connectivity index (χ3v) is 9.26. The van der Waals surface area contributed by atoms with Crippen LogP contribution in [0, 0.1) is 0 Å². The lowest BCUT2D eigenvalue weighted by atomic mass is 9.97. The fraction of sp³-hybridized carbons (Fsp3) is 0. The van der Waals surface area contributed by atoms with E-state index >= 15 is 0 Å². The molecule has 8 aromatic carbocycles. The van der Waals surface area contributed by atoms with Crippen LogP contribution in [0.15, 0.2) is 192 Å². The highest BCUT2D eigenvalue weighted by Gasteiger charge is 2.22. The van der Waals surface area contributed by atoms with E-state index in [2.05, 4.69) is 181 Å². The Labute approximate surface area is 279 Å². The summed E-state index contributed by atoms with van der Waals surface area (Å²) in [5.74, 6) is 0. The summed E-state index contributed by atoms with van der Waals surface area (Å²) in [7, 11) is 0. The molecule has 0 atom stereocenters. The van der Waals surface area contributed by atoms with Gasteiger partial charge in [-0.1, -0.05) is 152 Å². The molecule has 9 aromatic rings. The van der Waals surface area contributed by atoms with E-state index in [9.17, 15) is 0 Å². The van der Waals surface area contributed by atoms with E-state index in [0.29, 0.717) is 0 Å². The van der Waals surface area contributed by atoms with Crippen LogP contribution >= 0.6 is 0 Å². The Kier molecular flexibility index (Phi) is 6.84. The average molecular weight is 614 g/mol. The van der Waals surface area contributed by atoms with Crippen molar-refractivity contribution in [3.8, 4) is 33.4 Å². The lowest BCUT2D eigenvalue weighted by molar-refractivity contribution is 0.669. The Hall–Kier alpha value is -6.38. The number of anilines is 3. The van der Waals surface area contributed by atoms with Crippen LogP contribution in [0.4, 0.5) is 17.1 Å².